The van der Waals surface area contributed by atoms with Crippen LogP contribution >= 0.6 is 0 Å². The maximum atomic E-state index is 12.9. The van der Waals surface area contributed by atoms with E-state index in [1.807, 2.05) is 0 Å². The molecule has 0 bridgehead atoms. The van der Waals surface area contributed by atoms with Gasteiger partial charge >= 0.3 is 0 Å². The lowest BCUT2D eigenvalue weighted by Gasteiger charge is -2.12. The van der Waals surface area contributed by atoms with Crippen molar-refractivity contribution in [2.75, 3.05) is 0 Å². The summed E-state index contributed by atoms with van der Waals surface area (Å²) in [5.41, 5.74) is 0.525. The number of benzene rings is 1. The highest BCUT2D eigenvalue weighted by Gasteiger charge is 2.25. The van der Waals surface area contributed by atoms with Crippen LogP contribution in [0.5, 0.6) is 5.75 Å². The molecule has 1 aliphatic carbocycles. The SMILES string of the molecule is C[C@@H](O)c1cc(F)ccc1OC1CC1. The Hall–Kier alpha value is -1.09. The van der Waals surface area contributed by atoms with Crippen LogP contribution in [0.4, 0.5) is 4.39 Å². The van der Waals surface area contributed by atoms with E-state index in [0.29, 0.717) is 11.3 Å². The summed E-state index contributed by atoms with van der Waals surface area (Å²) in [5, 5.41) is 9.42. The van der Waals surface area contributed by atoms with Crippen molar-refractivity contribution < 1.29 is 14.2 Å². The van der Waals surface area contributed by atoms with E-state index >= 15 is 0 Å². The Kier molecular flexibility index (Phi) is 2.42. The molecule has 0 radical (unpaired) electrons. The van der Waals surface area contributed by atoms with E-state index in [1.54, 1.807) is 13.0 Å². The summed E-state index contributed by atoms with van der Waals surface area (Å²) < 4.78 is 18.4. The fourth-order valence-corrected chi connectivity index (χ4v) is 1.32. The van der Waals surface area contributed by atoms with Crippen molar-refractivity contribution in [1.29, 1.82) is 0 Å². The normalized spacial score (nSPS) is 17.9. The predicted molar refractivity (Wildman–Crippen MR) is 50.7 cm³/mol. The molecular weight excluding hydrogens is 183 g/mol. The number of aliphatic hydroxyl groups is 1. The highest BCUT2D eigenvalue weighted by atomic mass is 19.1. The zero-order valence-electron chi connectivity index (χ0n) is 8.03. The summed E-state index contributed by atoms with van der Waals surface area (Å²) in [6.45, 7) is 1.61. The zero-order valence-corrected chi connectivity index (χ0v) is 8.03. The first-order valence-electron chi connectivity index (χ1n) is 4.81. The largest absolute Gasteiger partial charge is 0.490 e. The number of hydrogen-bond donors (Lipinski definition) is 1. The Balaban J connectivity index is 2.26. The maximum Gasteiger partial charge on any atom is 0.125 e. The lowest BCUT2D eigenvalue weighted by Crippen LogP contribution is -2.02. The molecule has 2 nitrogen and oxygen atoms in total. The number of halogens is 1. The van der Waals surface area contributed by atoms with Gasteiger partial charge in [-0.15, -0.1) is 0 Å². The molecule has 76 valence electrons. The van der Waals surface area contributed by atoms with E-state index in [0.717, 1.165) is 12.8 Å². The third-order valence-electron chi connectivity index (χ3n) is 2.24. The van der Waals surface area contributed by atoms with Gasteiger partial charge in [0.1, 0.15) is 11.6 Å². The second-order valence-electron chi connectivity index (χ2n) is 3.68. The summed E-state index contributed by atoms with van der Waals surface area (Å²) in [4.78, 5) is 0. The number of hydrogen-bond acceptors (Lipinski definition) is 2. The van der Waals surface area contributed by atoms with Crippen molar-refractivity contribution in [3.05, 3.63) is 29.6 Å². The molecule has 0 saturated heterocycles. The van der Waals surface area contributed by atoms with Gasteiger partial charge in [0.15, 0.2) is 0 Å². The van der Waals surface area contributed by atoms with Crippen molar-refractivity contribution in [2.45, 2.75) is 32.0 Å². The molecule has 2 rings (SSSR count). The van der Waals surface area contributed by atoms with Crippen molar-refractivity contribution in [2.24, 2.45) is 0 Å². The maximum absolute atomic E-state index is 12.9. The molecule has 0 heterocycles. The highest BCUT2D eigenvalue weighted by Crippen LogP contribution is 2.32. The van der Waals surface area contributed by atoms with Gasteiger partial charge in [-0.25, -0.2) is 4.39 Å². The van der Waals surface area contributed by atoms with Gasteiger partial charge in [0, 0.05) is 5.56 Å². The molecule has 1 aromatic carbocycles. The van der Waals surface area contributed by atoms with Crippen molar-refractivity contribution in [3.8, 4) is 5.75 Å². The molecule has 1 saturated carbocycles. The highest BCUT2D eigenvalue weighted by molar-refractivity contribution is 5.35. The molecule has 1 fully saturated rings. The quantitative estimate of drug-likeness (QED) is 0.804. The van der Waals surface area contributed by atoms with Crippen LogP contribution in [0.2, 0.25) is 0 Å². The van der Waals surface area contributed by atoms with Crippen molar-refractivity contribution in [1.82, 2.24) is 0 Å². The van der Waals surface area contributed by atoms with Crippen LogP contribution < -0.4 is 4.74 Å². The molecule has 0 aromatic heterocycles. The fourth-order valence-electron chi connectivity index (χ4n) is 1.32. The van der Waals surface area contributed by atoms with E-state index in [2.05, 4.69) is 0 Å². The van der Waals surface area contributed by atoms with E-state index in [-0.39, 0.29) is 11.9 Å². The second kappa shape index (κ2) is 3.58. The molecule has 1 N–H and O–H groups in total. The molecule has 0 spiro atoms. The summed E-state index contributed by atoms with van der Waals surface area (Å²) in [5.74, 6) is 0.257. The van der Waals surface area contributed by atoms with Crippen LogP contribution in [0.25, 0.3) is 0 Å². The molecule has 0 unspecified atom stereocenters. The van der Waals surface area contributed by atoms with E-state index in [9.17, 15) is 9.50 Å². The van der Waals surface area contributed by atoms with Gasteiger partial charge in [-0.2, -0.15) is 0 Å². The molecule has 14 heavy (non-hydrogen) atoms. The van der Waals surface area contributed by atoms with E-state index < -0.39 is 6.10 Å². The van der Waals surface area contributed by atoms with Gasteiger partial charge in [-0.1, -0.05) is 0 Å². The van der Waals surface area contributed by atoms with Crippen molar-refractivity contribution in [3.63, 3.8) is 0 Å². The monoisotopic (exact) mass is 196 g/mol. The average Bonchev–Trinajstić information content (AvgIpc) is 2.91. The second-order valence-corrected chi connectivity index (χ2v) is 3.68. The first kappa shape index (κ1) is 9.46. The molecule has 0 amide bonds. The fraction of sp³-hybridized carbons (Fsp3) is 0.455. The summed E-state index contributed by atoms with van der Waals surface area (Å²) in [6, 6.07) is 4.25. The number of aliphatic hydroxyl groups excluding tert-OH is 1. The molecule has 3 heteroatoms. The minimum Gasteiger partial charge on any atom is -0.490 e. The number of ether oxygens (including phenoxy) is 1. The summed E-state index contributed by atoms with van der Waals surface area (Å²) in [7, 11) is 0. The summed E-state index contributed by atoms with van der Waals surface area (Å²) in [6.07, 6.45) is 1.67. The molecular formula is C11H13FO2. The van der Waals surface area contributed by atoms with Crippen LogP contribution in [-0.2, 0) is 0 Å². The van der Waals surface area contributed by atoms with Crippen LogP contribution in [0.1, 0.15) is 31.4 Å². The van der Waals surface area contributed by atoms with Gasteiger partial charge in [0.2, 0.25) is 0 Å². The van der Waals surface area contributed by atoms with Crippen LogP contribution in [0.15, 0.2) is 18.2 Å². The molecule has 1 aliphatic rings. The minimum atomic E-state index is -0.695. The van der Waals surface area contributed by atoms with Crippen LogP contribution in [0, 0.1) is 5.82 Å². The van der Waals surface area contributed by atoms with Crippen molar-refractivity contribution >= 4 is 0 Å². The molecule has 1 aromatic rings. The molecule has 1 atom stereocenters. The van der Waals surface area contributed by atoms with Gasteiger partial charge < -0.3 is 9.84 Å². The van der Waals surface area contributed by atoms with Gasteiger partial charge in [0.05, 0.1) is 12.2 Å². The first-order chi connectivity index (χ1) is 6.66. The lowest BCUT2D eigenvalue weighted by atomic mass is 10.1. The van der Waals surface area contributed by atoms with Gasteiger partial charge in [-0.05, 0) is 38.0 Å². The smallest absolute Gasteiger partial charge is 0.125 e. The topological polar surface area (TPSA) is 29.5 Å². The Morgan fingerprint density at radius 2 is 2.21 bits per heavy atom. The Morgan fingerprint density at radius 3 is 2.79 bits per heavy atom. The standard InChI is InChI=1S/C11H13FO2/c1-7(13)10-6-8(12)2-5-11(10)14-9-3-4-9/h2,5-7,9,13H,3-4H2,1H3/t7-/m1/s1. The van der Waals surface area contributed by atoms with E-state index in [1.165, 1.54) is 12.1 Å². The third-order valence-corrected chi connectivity index (χ3v) is 2.24. The first-order valence-corrected chi connectivity index (χ1v) is 4.81. The summed E-state index contributed by atoms with van der Waals surface area (Å²) >= 11 is 0. The average molecular weight is 196 g/mol. The minimum absolute atomic E-state index is 0.262. The van der Waals surface area contributed by atoms with Crippen LogP contribution in [-0.4, -0.2) is 11.2 Å². The zero-order chi connectivity index (χ0) is 10.1. The Morgan fingerprint density at radius 1 is 1.50 bits per heavy atom. The van der Waals surface area contributed by atoms with Gasteiger partial charge in [-0.3, -0.25) is 0 Å². The van der Waals surface area contributed by atoms with E-state index in [4.69, 9.17) is 4.74 Å². The van der Waals surface area contributed by atoms with Crippen LogP contribution in [0.3, 0.4) is 0 Å². The Bertz CT molecular complexity index is 332. The predicted octanol–water partition coefficient (Wildman–Crippen LogP) is 2.42. The number of rotatable bonds is 3. The third kappa shape index (κ3) is 2.04. The van der Waals surface area contributed by atoms with Gasteiger partial charge in [0.25, 0.3) is 0 Å². The Labute approximate surface area is 82.3 Å². The molecule has 0 aliphatic heterocycles. The lowest BCUT2D eigenvalue weighted by molar-refractivity contribution is 0.189.